The van der Waals surface area contributed by atoms with Gasteiger partial charge in [0.2, 0.25) is 0 Å². The maximum atomic E-state index is 5.58. The lowest BCUT2D eigenvalue weighted by atomic mass is 10.0. The van der Waals surface area contributed by atoms with Crippen molar-refractivity contribution in [3.8, 4) is 0 Å². The highest BCUT2D eigenvalue weighted by molar-refractivity contribution is 6.18. The maximum absolute atomic E-state index is 5.58. The lowest BCUT2D eigenvalue weighted by Crippen LogP contribution is -2.33. The summed E-state index contributed by atoms with van der Waals surface area (Å²) in [4.78, 5) is 2.56. The highest BCUT2D eigenvalue weighted by atomic mass is 35.5. The quantitative estimate of drug-likeness (QED) is 0.500. The average Bonchev–Trinajstić information content (AvgIpc) is 2.53. The van der Waals surface area contributed by atoms with Gasteiger partial charge >= 0.3 is 0 Å². The van der Waals surface area contributed by atoms with Crippen LogP contribution >= 0.6 is 11.6 Å². The molecule has 0 aromatic rings. The third kappa shape index (κ3) is 3.32. The number of likely N-dealkylation sites (tertiary alicyclic amines) is 1. The molecule has 1 atom stereocenters. The Hall–Kier alpha value is -0.0100. The second-order valence-electron chi connectivity index (χ2n) is 4.07. The summed E-state index contributed by atoms with van der Waals surface area (Å²) >= 11 is 5.58. The minimum absolute atomic E-state index is 0.639. The van der Waals surface area contributed by atoms with E-state index in [1.807, 2.05) is 6.08 Å². The van der Waals surface area contributed by atoms with Gasteiger partial charge in [0.15, 0.2) is 0 Å². The molecule has 1 aliphatic heterocycles. The van der Waals surface area contributed by atoms with Crippen LogP contribution in [0.3, 0.4) is 0 Å². The molecule has 0 amide bonds. The van der Waals surface area contributed by atoms with Crippen LogP contribution in [-0.4, -0.2) is 29.9 Å². The first-order chi connectivity index (χ1) is 6.25. The van der Waals surface area contributed by atoms with Gasteiger partial charge in [0.1, 0.15) is 0 Å². The molecule has 1 unspecified atom stereocenters. The number of nitrogens with zero attached hydrogens (tertiary/aromatic N) is 1. The van der Waals surface area contributed by atoms with E-state index in [4.69, 9.17) is 11.6 Å². The van der Waals surface area contributed by atoms with E-state index >= 15 is 0 Å². The van der Waals surface area contributed by atoms with Crippen molar-refractivity contribution in [2.45, 2.75) is 32.7 Å². The van der Waals surface area contributed by atoms with E-state index in [9.17, 15) is 0 Å². The second kappa shape index (κ2) is 5.66. The normalized spacial score (nSPS) is 25.1. The van der Waals surface area contributed by atoms with Gasteiger partial charge in [-0.1, -0.05) is 26.0 Å². The summed E-state index contributed by atoms with van der Waals surface area (Å²) in [5.41, 5.74) is 0. The van der Waals surface area contributed by atoms with E-state index in [2.05, 4.69) is 24.8 Å². The zero-order chi connectivity index (χ0) is 9.68. The fourth-order valence-corrected chi connectivity index (χ4v) is 2.23. The molecule has 0 aromatic carbocycles. The molecule has 0 aromatic heterocycles. The lowest BCUT2D eigenvalue weighted by Gasteiger charge is -2.26. The van der Waals surface area contributed by atoms with Crippen LogP contribution in [0.15, 0.2) is 12.2 Å². The summed E-state index contributed by atoms with van der Waals surface area (Å²) in [5.74, 6) is 1.42. The van der Waals surface area contributed by atoms with Gasteiger partial charge in [-0.2, -0.15) is 0 Å². The molecule has 1 fully saturated rings. The Labute approximate surface area is 86.8 Å². The molecule has 13 heavy (non-hydrogen) atoms. The fourth-order valence-electron chi connectivity index (χ4n) is 2.11. The van der Waals surface area contributed by atoms with E-state index < -0.39 is 0 Å². The largest absolute Gasteiger partial charge is 0.296 e. The van der Waals surface area contributed by atoms with E-state index in [1.54, 1.807) is 0 Å². The third-order valence-electron chi connectivity index (χ3n) is 2.78. The Bertz CT molecular complexity index is 165. The Morgan fingerprint density at radius 3 is 2.85 bits per heavy atom. The average molecular weight is 202 g/mol. The number of alkyl halides is 1. The first-order valence-corrected chi connectivity index (χ1v) is 5.74. The van der Waals surface area contributed by atoms with Crippen molar-refractivity contribution in [3.05, 3.63) is 12.2 Å². The predicted octanol–water partition coefficient (Wildman–Crippen LogP) is 2.90. The summed E-state index contributed by atoms with van der Waals surface area (Å²) in [7, 11) is 0. The summed E-state index contributed by atoms with van der Waals surface area (Å²) in [6, 6.07) is 0.792. The van der Waals surface area contributed by atoms with E-state index in [0.717, 1.165) is 18.5 Å². The van der Waals surface area contributed by atoms with Gasteiger partial charge in [-0.05, 0) is 25.3 Å². The standard InChI is InChI=1S/C11H20ClN/c1-10(2)11-6-5-9-13(11)8-4-3-7-12/h3-4,10-11H,5-9H2,1-2H3. The zero-order valence-electron chi connectivity index (χ0n) is 8.67. The van der Waals surface area contributed by atoms with E-state index in [1.165, 1.54) is 19.4 Å². The molecule has 1 aliphatic rings. The van der Waals surface area contributed by atoms with Crippen molar-refractivity contribution in [1.29, 1.82) is 0 Å². The van der Waals surface area contributed by atoms with Gasteiger partial charge in [-0.25, -0.2) is 0 Å². The number of allylic oxidation sites excluding steroid dienone is 1. The van der Waals surface area contributed by atoms with Crippen molar-refractivity contribution < 1.29 is 0 Å². The number of hydrogen-bond acceptors (Lipinski definition) is 1. The van der Waals surface area contributed by atoms with Gasteiger partial charge in [-0.15, -0.1) is 11.6 Å². The van der Waals surface area contributed by atoms with Gasteiger partial charge in [-0.3, -0.25) is 4.90 Å². The smallest absolute Gasteiger partial charge is 0.0404 e. The molecule has 0 spiro atoms. The minimum atomic E-state index is 0.639. The third-order valence-corrected chi connectivity index (χ3v) is 2.96. The lowest BCUT2D eigenvalue weighted by molar-refractivity contribution is 0.227. The Morgan fingerprint density at radius 1 is 1.46 bits per heavy atom. The van der Waals surface area contributed by atoms with Crippen molar-refractivity contribution >= 4 is 11.6 Å². The molecule has 76 valence electrons. The highest BCUT2D eigenvalue weighted by Gasteiger charge is 2.25. The number of rotatable bonds is 4. The van der Waals surface area contributed by atoms with Crippen molar-refractivity contribution in [2.75, 3.05) is 19.0 Å². The predicted molar refractivity (Wildman–Crippen MR) is 59.3 cm³/mol. The van der Waals surface area contributed by atoms with E-state index in [-0.39, 0.29) is 0 Å². The Morgan fingerprint density at radius 2 is 2.23 bits per heavy atom. The fraction of sp³-hybridized carbons (Fsp3) is 0.818. The van der Waals surface area contributed by atoms with Crippen LogP contribution in [-0.2, 0) is 0 Å². The molecule has 0 N–H and O–H groups in total. The van der Waals surface area contributed by atoms with Crippen LogP contribution < -0.4 is 0 Å². The van der Waals surface area contributed by atoms with Crippen LogP contribution in [0.5, 0.6) is 0 Å². The minimum Gasteiger partial charge on any atom is -0.296 e. The van der Waals surface area contributed by atoms with Crippen LogP contribution in [0.1, 0.15) is 26.7 Å². The van der Waals surface area contributed by atoms with Crippen LogP contribution in [0.4, 0.5) is 0 Å². The van der Waals surface area contributed by atoms with Crippen molar-refractivity contribution in [2.24, 2.45) is 5.92 Å². The zero-order valence-corrected chi connectivity index (χ0v) is 9.43. The van der Waals surface area contributed by atoms with Crippen molar-refractivity contribution in [3.63, 3.8) is 0 Å². The van der Waals surface area contributed by atoms with Gasteiger partial charge in [0, 0.05) is 18.5 Å². The van der Waals surface area contributed by atoms with Crippen LogP contribution in [0, 0.1) is 5.92 Å². The maximum Gasteiger partial charge on any atom is 0.0404 e. The summed E-state index contributed by atoms with van der Waals surface area (Å²) in [6.07, 6.45) is 6.95. The molecule has 1 rings (SSSR count). The Balaban J connectivity index is 2.35. The molecule has 1 heterocycles. The molecular formula is C11H20ClN. The molecule has 1 saturated heterocycles. The SMILES string of the molecule is CC(C)C1CCCN1CC=CCCl. The first-order valence-electron chi connectivity index (χ1n) is 5.20. The number of halogens is 1. The summed E-state index contributed by atoms with van der Waals surface area (Å²) in [6.45, 7) is 6.97. The van der Waals surface area contributed by atoms with Crippen LogP contribution in [0.25, 0.3) is 0 Å². The topological polar surface area (TPSA) is 3.24 Å². The molecule has 0 bridgehead atoms. The highest BCUT2D eigenvalue weighted by Crippen LogP contribution is 2.23. The van der Waals surface area contributed by atoms with Crippen molar-refractivity contribution in [1.82, 2.24) is 4.90 Å². The monoisotopic (exact) mass is 201 g/mol. The second-order valence-corrected chi connectivity index (χ2v) is 4.38. The molecule has 1 nitrogen and oxygen atoms in total. The van der Waals surface area contributed by atoms with Gasteiger partial charge in [0.05, 0.1) is 0 Å². The summed E-state index contributed by atoms with van der Waals surface area (Å²) in [5, 5.41) is 0. The number of hydrogen-bond donors (Lipinski definition) is 0. The molecule has 0 radical (unpaired) electrons. The Kier molecular flexibility index (Phi) is 4.82. The van der Waals surface area contributed by atoms with Gasteiger partial charge < -0.3 is 0 Å². The van der Waals surface area contributed by atoms with E-state index in [0.29, 0.717) is 5.88 Å². The molecule has 2 heteroatoms. The summed E-state index contributed by atoms with van der Waals surface area (Å²) < 4.78 is 0. The molecule has 0 saturated carbocycles. The van der Waals surface area contributed by atoms with Crippen LogP contribution in [0.2, 0.25) is 0 Å². The first kappa shape index (κ1) is 11.1. The van der Waals surface area contributed by atoms with Gasteiger partial charge in [0.25, 0.3) is 0 Å². The molecule has 0 aliphatic carbocycles. The molecular weight excluding hydrogens is 182 g/mol.